The van der Waals surface area contributed by atoms with Crippen molar-refractivity contribution in [2.75, 3.05) is 13.1 Å². The summed E-state index contributed by atoms with van der Waals surface area (Å²) >= 11 is 6.12. The number of unbranched alkanes of at least 4 members (excludes halogenated alkanes) is 1. The average molecular weight is 322 g/mol. The van der Waals surface area contributed by atoms with E-state index in [2.05, 4.69) is 10.3 Å². The van der Waals surface area contributed by atoms with Crippen molar-refractivity contribution >= 4 is 17.5 Å². The van der Waals surface area contributed by atoms with Gasteiger partial charge in [0.05, 0.1) is 11.2 Å². The third-order valence-corrected chi connectivity index (χ3v) is 3.54. The lowest BCUT2D eigenvalue weighted by Gasteiger charge is -2.03. The van der Waals surface area contributed by atoms with E-state index < -0.39 is 0 Å². The second-order valence-corrected chi connectivity index (χ2v) is 5.35. The number of nitrogens with one attached hydrogen (secondary N) is 1. The Balaban J connectivity index is 1.83. The van der Waals surface area contributed by atoms with Crippen LogP contribution in [0.2, 0.25) is 5.02 Å². The lowest BCUT2D eigenvalue weighted by molar-refractivity contribution is -0.121. The van der Waals surface area contributed by atoms with Crippen molar-refractivity contribution in [2.24, 2.45) is 5.73 Å². The first-order valence-electron chi connectivity index (χ1n) is 7.37. The molecular formula is C16H20ClN3O2. The Kier molecular flexibility index (Phi) is 6.43. The van der Waals surface area contributed by atoms with Crippen LogP contribution >= 0.6 is 11.6 Å². The SMILES string of the molecule is NCCCCNC(=O)CCc1ncc(-c2ccccc2Cl)o1. The van der Waals surface area contributed by atoms with Gasteiger partial charge in [0.1, 0.15) is 0 Å². The molecule has 0 bridgehead atoms. The van der Waals surface area contributed by atoms with Crippen molar-refractivity contribution < 1.29 is 9.21 Å². The van der Waals surface area contributed by atoms with Crippen LogP contribution in [-0.2, 0) is 11.2 Å². The maximum Gasteiger partial charge on any atom is 0.220 e. The number of hydrogen-bond donors (Lipinski definition) is 2. The van der Waals surface area contributed by atoms with Crippen molar-refractivity contribution in [3.05, 3.63) is 41.4 Å². The van der Waals surface area contributed by atoms with Crippen molar-refractivity contribution in [2.45, 2.75) is 25.7 Å². The van der Waals surface area contributed by atoms with E-state index in [9.17, 15) is 4.79 Å². The lowest BCUT2D eigenvalue weighted by Crippen LogP contribution is -2.25. The van der Waals surface area contributed by atoms with Crippen LogP contribution in [0.3, 0.4) is 0 Å². The lowest BCUT2D eigenvalue weighted by atomic mass is 10.2. The zero-order valence-electron chi connectivity index (χ0n) is 12.3. The first-order valence-corrected chi connectivity index (χ1v) is 7.75. The number of nitrogens with two attached hydrogens (primary N) is 1. The van der Waals surface area contributed by atoms with Gasteiger partial charge in [-0.1, -0.05) is 23.7 Å². The second kappa shape index (κ2) is 8.56. The number of carbonyl (C=O) groups excluding carboxylic acids is 1. The molecule has 3 N–H and O–H groups in total. The summed E-state index contributed by atoms with van der Waals surface area (Å²) < 4.78 is 5.65. The first kappa shape index (κ1) is 16.5. The Labute approximate surface area is 134 Å². The van der Waals surface area contributed by atoms with Crippen LogP contribution in [0.25, 0.3) is 11.3 Å². The van der Waals surface area contributed by atoms with Crippen LogP contribution in [0.5, 0.6) is 0 Å². The molecular weight excluding hydrogens is 302 g/mol. The highest BCUT2D eigenvalue weighted by atomic mass is 35.5. The van der Waals surface area contributed by atoms with E-state index >= 15 is 0 Å². The molecule has 2 rings (SSSR count). The molecule has 22 heavy (non-hydrogen) atoms. The Hall–Kier alpha value is -1.85. The van der Waals surface area contributed by atoms with E-state index in [0.717, 1.165) is 18.4 Å². The molecule has 0 aliphatic rings. The Morgan fingerprint density at radius 3 is 2.91 bits per heavy atom. The molecule has 0 fully saturated rings. The fourth-order valence-electron chi connectivity index (χ4n) is 2.02. The number of oxazole rings is 1. The number of aryl methyl sites for hydroxylation is 1. The fraction of sp³-hybridized carbons (Fsp3) is 0.375. The molecule has 0 radical (unpaired) electrons. The molecule has 0 aliphatic carbocycles. The fourth-order valence-corrected chi connectivity index (χ4v) is 2.25. The summed E-state index contributed by atoms with van der Waals surface area (Å²) in [5.41, 5.74) is 6.20. The molecule has 0 unspecified atom stereocenters. The molecule has 0 atom stereocenters. The highest BCUT2D eigenvalue weighted by Crippen LogP contribution is 2.28. The summed E-state index contributed by atoms with van der Waals surface area (Å²) in [6.07, 6.45) is 4.27. The minimum atomic E-state index is -0.00508. The first-order chi connectivity index (χ1) is 10.7. The van der Waals surface area contributed by atoms with Crippen LogP contribution in [0.1, 0.15) is 25.2 Å². The predicted molar refractivity (Wildman–Crippen MR) is 86.6 cm³/mol. The minimum Gasteiger partial charge on any atom is -0.441 e. The number of aromatic nitrogens is 1. The number of rotatable bonds is 8. The van der Waals surface area contributed by atoms with Crippen LogP contribution in [-0.4, -0.2) is 24.0 Å². The predicted octanol–water partition coefficient (Wildman–Crippen LogP) is 2.78. The molecule has 1 aromatic carbocycles. The van der Waals surface area contributed by atoms with Gasteiger partial charge in [0, 0.05) is 24.9 Å². The van der Waals surface area contributed by atoms with E-state index in [1.807, 2.05) is 18.2 Å². The molecule has 1 heterocycles. The molecule has 1 aromatic heterocycles. The zero-order chi connectivity index (χ0) is 15.8. The maximum atomic E-state index is 11.7. The summed E-state index contributed by atoms with van der Waals surface area (Å²) in [4.78, 5) is 15.9. The molecule has 0 saturated carbocycles. The average Bonchev–Trinajstić information content (AvgIpc) is 2.99. The molecule has 0 spiro atoms. The van der Waals surface area contributed by atoms with Gasteiger partial charge in [-0.05, 0) is 31.5 Å². The number of nitrogens with zero attached hydrogens (tertiary/aromatic N) is 1. The number of halogens is 1. The van der Waals surface area contributed by atoms with Gasteiger partial charge in [0.2, 0.25) is 5.91 Å². The van der Waals surface area contributed by atoms with E-state index in [-0.39, 0.29) is 5.91 Å². The van der Waals surface area contributed by atoms with Crippen LogP contribution < -0.4 is 11.1 Å². The number of carbonyl (C=O) groups is 1. The quantitative estimate of drug-likeness (QED) is 0.732. The van der Waals surface area contributed by atoms with Crippen LogP contribution in [0.4, 0.5) is 0 Å². The van der Waals surface area contributed by atoms with Gasteiger partial charge in [0.25, 0.3) is 0 Å². The monoisotopic (exact) mass is 321 g/mol. The van der Waals surface area contributed by atoms with Crippen molar-refractivity contribution in [1.82, 2.24) is 10.3 Å². The van der Waals surface area contributed by atoms with Crippen LogP contribution in [0.15, 0.2) is 34.9 Å². The summed E-state index contributed by atoms with van der Waals surface area (Å²) in [6, 6.07) is 7.42. The van der Waals surface area contributed by atoms with Gasteiger partial charge >= 0.3 is 0 Å². The van der Waals surface area contributed by atoms with E-state index in [0.29, 0.717) is 42.6 Å². The Bertz CT molecular complexity index is 613. The molecule has 5 nitrogen and oxygen atoms in total. The van der Waals surface area contributed by atoms with Crippen molar-refractivity contribution in [1.29, 1.82) is 0 Å². The highest BCUT2D eigenvalue weighted by Gasteiger charge is 2.10. The molecule has 6 heteroatoms. The molecule has 0 saturated heterocycles. The molecule has 118 valence electrons. The topological polar surface area (TPSA) is 81.1 Å². The minimum absolute atomic E-state index is 0.00508. The number of amides is 1. The molecule has 2 aromatic rings. The summed E-state index contributed by atoms with van der Waals surface area (Å²) in [7, 11) is 0. The van der Waals surface area contributed by atoms with E-state index in [1.165, 1.54) is 0 Å². The third-order valence-electron chi connectivity index (χ3n) is 3.21. The smallest absolute Gasteiger partial charge is 0.220 e. The van der Waals surface area contributed by atoms with Gasteiger partial charge in [-0.15, -0.1) is 0 Å². The normalized spacial score (nSPS) is 10.6. The van der Waals surface area contributed by atoms with E-state index in [1.54, 1.807) is 12.3 Å². The van der Waals surface area contributed by atoms with Gasteiger partial charge in [-0.25, -0.2) is 4.98 Å². The van der Waals surface area contributed by atoms with Crippen molar-refractivity contribution in [3.63, 3.8) is 0 Å². The van der Waals surface area contributed by atoms with Gasteiger partial charge in [0.15, 0.2) is 11.7 Å². The molecule has 1 amide bonds. The Morgan fingerprint density at radius 1 is 1.32 bits per heavy atom. The van der Waals surface area contributed by atoms with Gasteiger partial charge in [-0.3, -0.25) is 4.79 Å². The Morgan fingerprint density at radius 2 is 2.14 bits per heavy atom. The maximum absolute atomic E-state index is 11.7. The summed E-state index contributed by atoms with van der Waals surface area (Å²) in [5, 5.41) is 3.46. The van der Waals surface area contributed by atoms with Crippen molar-refractivity contribution in [3.8, 4) is 11.3 Å². The van der Waals surface area contributed by atoms with Gasteiger partial charge < -0.3 is 15.5 Å². The number of hydrogen-bond acceptors (Lipinski definition) is 4. The van der Waals surface area contributed by atoms with Gasteiger partial charge in [-0.2, -0.15) is 0 Å². The highest BCUT2D eigenvalue weighted by molar-refractivity contribution is 6.33. The third kappa shape index (κ3) is 4.86. The largest absolute Gasteiger partial charge is 0.441 e. The van der Waals surface area contributed by atoms with E-state index in [4.69, 9.17) is 21.8 Å². The summed E-state index contributed by atoms with van der Waals surface area (Å²) in [6.45, 7) is 1.31. The molecule has 0 aliphatic heterocycles. The second-order valence-electron chi connectivity index (χ2n) is 4.94. The standard InChI is InChI=1S/C16H20ClN3O2/c17-13-6-2-1-5-12(13)14-11-20-16(22-14)8-7-15(21)19-10-4-3-9-18/h1-2,5-6,11H,3-4,7-10,18H2,(H,19,21). The van der Waals surface area contributed by atoms with Crippen LogP contribution in [0, 0.1) is 0 Å². The zero-order valence-corrected chi connectivity index (χ0v) is 13.1. The summed E-state index contributed by atoms with van der Waals surface area (Å²) in [5.74, 6) is 1.14. The number of benzene rings is 1.